The molecule has 0 atom stereocenters. The quantitative estimate of drug-likeness (QED) is 0.351. The van der Waals surface area contributed by atoms with E-state index < -0.39 is 16.7 Å². The Bertz CT molecular complexity index is 929. The number of benzene rings is 2. The highest BCUT2D eigenvalue weighted by atomic mass is 16.6. The maximum atomic E-state index is 12.0. The Morgan fingerprint density at radius 2 is 1.97 bits per heavy atom. The van der Waals surface area contributed by atoms with Crippen LogP contribution in [0.2, 0.25) is 0 Å². The first-order valence-corrected chi connectivity index (χ1v) is 8.62. The van der Waals surface area contributed by atoms with Crippen LogP contribution in [0.3, 0.4) is 0 Å². The van der Waals surface area contributed by atoms with Crippen molar-refractivity contribution in [2.45, 2.75) is 13.3 Å². The Morgan fingerprint density at radius 1 is 1.21 bits per heavy atom. The van der Waals surface area contributed by atoms with Gasteiger partial charge in [-0.2, -0.15) is 5.10 Å². The Labute approximate surface area is 166 Å². The number of nitrogens with two attached hydrogens (primary N) is 1. The summed E-state index contributed by atoms with van der Waals surface area (Å²) in [7, 11) is 0. The highest BCUT2D eigenvalue weighted by Crippen LogP contribution is 2.28. The lowest BCUT2D eigenvalue weighted by Gasteiger charge is -2.11. The van der Waals surface area contributed by atoms with Gasteiger partial charge < -0.3 is 15.2 Å². The first-order valence-electron chi connectivity index (χ1n) is 8.62. The van der Waals surface area contributed by atoms with Crippen LogP contribution < -0.4 is 20.6 Å². The summed E-state index contributed by atoms with van der Waals surface area (Å²) in [6.07, 6.45) is 1.20. The molecule has 29 heavy (non-hydrogen) atoms. The summed E-state index contributed by atoms with van der Waals surface area (Å²) in [5.41, 5.74) is 8.16. The first-order chi connectivity index (χ1) is 13.9. The van der Waals surface area contributed by atoms with Crippen molar-refractivity contribution in [2.24, 2.45) is 10.8 Å². The maximum Gasteiger partial charge on any atom is 0.273 e. The minimum Gasteiger partial charge on any atom is -0.490 e. The summed E-state index contributed by atoms with van der Waals surface area (Å²) in [6.45, 7) is 1.89. The summed E-state index contributed by atoms with van der Waals surface area (Å²) >= 11 is 0. The fourth-order valence-electron chi connectivity index (χ4n) is 2.37. The number of para-hydroxylation sites is 1. The van der Waals surface area contributed by atoms with Gasteiger partial charge in [0.2, 0.25) is 5.91 Å². The van der Waals surface area contributed by atoms with Gasteiger partial charge in [-0.25, -0.2) is 5.43 Å². The number of rotatable bonds is 10. The standard InChI is InChI=1S/C19H20N4O6/c1-2-28-17-9-13(7-8-16(17)29-12-18(20)24)11-21-22-19(25)10-14-5-3-4-6-15(14)23(26)27/h3-9,11H,2,10,12H2,1H3,(H2,20,24)(H,22,25)/b21-11+. The molecular weight excluding hydrogens is 380 g/mol. The van der Waals surface area contributed by atoms with Crippen LogP contribution in [-0.4, -0.2) is 36.2 Å². The predicted octanol–water partition coefficient (Wildman–Crippen LogP) is 1.55. The van der Waals surface area contributed by atoms with Crippen molar-refractivity contribution in [3.05, 3.63) is 63.7 Å². The van der Waals surface area contributed by atoms with Gasteiger partial charge in [-0.3, -0.25) is 19.7 Å². The van der Waals surface area contributed by atoms with Gasteiger partial charge in [-0.05, 0) is 30.7 Å². The molecule has 0 heterocycles. The van der Waals surface area contributed by atoms with Crippen LogP contribution in [0.25, 0.3) is 0 Å². The van der Waals surface area contributed by atoms with E-state index in [1.807, 2.05) is 0 Å². The number of carbonyl (C=O) groups is 2. The lowest BCUT2D eigenvalue weighted by atomic mass is 10.1. The van der Waals surface area contributed by atoms with E-state index in [0.29, 0.717) is 29.2 Å². The monoisotopic (exact) mass is 400 g/mol. The first kappa shape index (κ1) is 21.4. The molecule has 10 nitrogen and oxygen atoms in total. The summed E-state index contributed by atoms with van der Waals surface area (Å²) in [4.78, 5) is 33.3. The lowest BCUT2D eigenvalue weighted by Crippen LogP contribution is -2.20. The number of primary amides is 1. The number of hydrogen-bond donors (Lipinski definition) is 2. The number of nitro groups is 1. The molecule has 0 bridgehead atoms. The highest BCUT2D eigenvalue weighted by molar-refractivity contribution is 5.84. The van der Waals surface area contributed by atoms with Crippen LogP contribution in [0.4, 0.5) is 5.69 Å². The van der Waals surface area contributed by atoms with Gasteiger partial charge in [0.25, 0.3) is 11.6 Å². The molecule has 3 N–H and O–H groups in total. The summed E-state index contributed by atoms with van der Waals surface area (Å²) < 4.78 is 10.7. The second-order valence-electron chi connectivity index (χ2n) is 5.75. The van der Waals surface area contributed by atoms with E-state index in [9.17, 15) is 19.7 Å². The van der Waals surface area contributed by atoms with Crippen LogP contribution in [0, 0.1) is 10.1 Å². The van der Waals surface area contributed by atoms with Gasteiger partial charge in [0, 0.05) is 11.6 Å². The number of nitrogens with zero attached hydrogens (tertiary/aromatic N) is 2. The van der Waals surface area contributed by atoms with E-state index in [1.165, 1.54) is 24.4 Å². The molecule has 2 aromatic carbocycles. The van der Waals surface area contributed by atoms with Crippen LogP contribution >= 0.6 is 0 Å². The molecule has 2 rings (SSSR count). The number of amides is 2. The molecule has 0 aliphatic heterocycles. The Morgan fingerprint density at radius 3 is 2.66 bits per heavy atom. The molecule has 2 amide bonds. The van der Waals surface area contributed by atoms with Crippen molar-refractivity contribution in [1.29, 1.82) is 0 Å². The van der Waals surface area contributed by atoms with Gasteiger partial charge in [-0.1, -0.05) is 18.2 Å². The summed E-state index contributed by atoms with van der Waals surface area (Å²) in [6, 6.07) is 10.9. The molecule has 0 unspecified atom stereocenters. The average Bonchev–Trinajstić information content (AvgIpc) is 2.67. The molecule has 0 aliphatic rings. The highest BCUT2D eigenvalue weighted by Gasteiger charge is 2.15. The molecule has 2 aromatic rings. The number of carbonyl (C=O) groups excluding carboxylic acids is 2. The molecular formula is C19H20N4O6. The third-order valence-electron chi connectivity index (χ3n) is 3.58. The summed E-state index contributed by atoms with van der Waals surface area (Å²) in [5.74, 6) is -0.367. The summed E-state index contributed by atoms with van der Waals surface area (Å²) in [5, 5.41) is 14.8. The van der Waals surface area contributed by atoms with Crippen LogP contribution in [-0.2, 0) is 16.0 Å². The average molecular weight is 400 g/mol. The van der Waals surface area contributed by atoms with Gasteiger partial charge >= 0.3 is 0 Å². The molecule has 0 aromatic heterocycles. The van der Waals surface area contributed by atoms with Crippen LogP contribution in [0.15, 0.2) is 47.6 Å². The SMILES string of the molecule is CCOc1cc(/C=N/NC(=O)Cc2ccccc2[N+](=O)[O-])ccc1OCC(N)=O. The van der Waals surface area contributed by atoms with Gasteiger partial charge in [0.05, 0.1) is 24.2 Å². The van der Waals surface area contributed by atoms with E-state index in [0.717, 1.165) is 0 Å². The van der Waals surface area contributed by atoms with Crippen LogP contribution in [0.1, 0.15) is 18.1 Å². The van der Waals surface area contributed by atoms with Crippen molar-refractivity contribution in [1.82, 2.24) is 5.43 Å². The number of hydrazone groups is 1. The number of nitro benzene ring substituents is 1. The molecule has 0 fully saturated rings. The second-order valence-corrected chi connectivity index (χ2v) is 5.75. The second kappa shape index (κ2) is 10.4. The number of hydrogen-bond acceptors (Lipinski definition) is 7. The zero-order valence-electron chi connectivity index (χ0n) is 15.7. The maximum absolute atomic E-state index is 12.0. The van der Waals surface area contributed by atoms with Gasteiger partial charge in [0.15, 0.2) is 18.1 Å². The Hall–Kier alpha value is -3.95. The predicted molar refractivity (Wildman–Crippen MR) is 105 cm³/mol. The fraction of sp³-hybridized carbons (Fsp3) is 0.211. The van der Waals surface area contributed by atoms with Crippen LogP contribution in [0.5, 0.6) is 11.5 Å². The topological polar surface area (TPSA) is 146 Å². The third kappa shape index (κ3) is 6.61. The lowest BCUT2D eigenvalue weighted by molar-refractivity contribution is -0.385. The van der Waals surface area contributed by atoms with E-state index in [4.69, 9.17) is 15.2 Å². The zero-order valence-corrected chi connectivity index (χ0v) is 15.7. The number of ether oxygens (including phenoxy) is 2. The molecule has 0 radical (unpaired) electrons. The van der Waals surface area contributed by atoms with Gasteiger partial charge in [-0.15, -0.1) is 0 Å². The van der Waals surface area contributed by atoms with Gasteiger partial charge in [0.1, 0.15) is 0 Å². The van der Waals surface area contributed by atoms with Crippen molar-refractivity contribution < 1.29 is 24.0 Å². The molecule has 0 saturated heterocycles. The largest absolute Gasteiger partial charge is 0.490 e. The van der Waals surface area contributed by atoms with Crippen molar-refractivity contribution in [3.8, 4) is 11.5 Å². The molecule has 0 aliphatic carbocycles. The van der Waals surface area contributed by atoms with Crippen molar-refractivity contribution in [3.63, 3.8) is 0 Å². The van der Waals surface area contributed by atoms with Crippen molar-refractivity contribution in [2.75, 3.05) is 13.2 Å². The molecule has 0 saturated carbocycles. The molecule has 10 heteroatoms. The normalized spacial score (nSPS) is 10.5. The zero-order chi connectivity index (χ0) is 21.2. The Balaban J connectivity index is 2.02. The van der Waals surface area contributed by atoms with E-state index in [1.54, 1.807) is 31.2 Å². The van der Waals surface area contributed by atoms with E-state index >= 15 is 0 Å². The third-order valence-corrected chi connectivity index (χ3v) is 3.58. The number of nitrogens with one attached hydrogen (secondary N) is 1. The molecule has 0 spiro atoms. The van der Waals surface area contributed by atoms with Crippen molar-refractivity contribution >= 4 is 23.7 Å². The fourth-order valence-corrected chi connectivity index (χ4v) is 2.37. The minimum atomic E-state index is -0.612. The smallest absolute Gasteiger partial charge is 0.273 e. The molecule has 152 valence electrons. The Kier molecular flexibility index (Phi) is 7.66. The van der Waals surface area contributed by atoms with E-state index in [2.05, 4.69) is 10.5 Å². The minimum absolute atomic E-state index is 0.125. The van der Waals surface area contributed by atoms with E-state index in [-0.39, 0.29) is 18.7 Å².